The maximum atomic E-state index is 16.1. The number of unbranched alkanes of at least 4 members (excludes halogenated alkanes) is 10. The Morgan fingerprint density at radius 3 is 1.27 bits per heavy atom. The fraction of sp³-hybridized carbons (Fsp3) is 0.590. The van der Waals surface area contributed by atoms with Crippen molar-refractivity contribution >= 4 is 111 Å². The van der Waals surface area contributed by atoms with Gasteiger partial charge in [0.15, 0.2) is 23.0 Å². The van der Waals surface area contributed by atoms with E-state index < -0.39 is 0 Å². The quantitative estimate of drug-likeness (QED) is 0.0361. The van der Waals surface area contributed by atoms with Gasteiger partial charge in [-0.15, -0.1) is 68.0 Å². The van der Waals surface area contributed by atoms with Crippen LogP contribution in [0.2, 0.25) is 0 Å². The topological polar surface area (TPSA) is 77.5 Å². The van der Waals surface area contributed by atoms with Crippen molar-refractivity contribution in [3.8, 4) is 53.6 Å². The Balaban J connectivity index is 1.11. The summed E-state index contributed by atoms with van der Waals surface area (Å²) in [6.45, 7) is 26.2. The summed E-state index contributed by atoms with van der Waals surface area (Å²) >= 11 is 11.0. The predicted molar refractivity (Wildman–Crippen MR) is 398 cm³/mol. The Morgan fingerprint density at radius 2 is 0.815 bits per heavy atom. The molecule has 0 spiro atoms. The minimum Gasteiger partial charge on any atom is -0.485 e. The van der Waals surface area contributed by atoms with E-state index in [1.54, 1.807) is 22.7 Å². The smallest absolute Gasteiger partial charge is 0.261 e. The molecule has 7 aromatic rings. The maximum absolute atomic E-state index is 16.1. The molecule has 14 heteroatoms. The zero-order valence-electron chi connectivity index (χ0n) is 57.2. The molecule has 0 saturated heterocycles. The summed E-state index contributed by atoms with van der Waals surface area (Å²) in [6, 6.07) is 13.8. The Morgan fingerprint density at radius 1 is 0.402 bits per heavy atom. The molecule has 498 valence electrons. The number of hydrogen-bond donors (Lipinski definition) is 0. The van der Waals surface area contributed by atoms with Gasteiger partial charge in [0.1, 0.15) is 26.4 Å². The summed E-state index contributed by atoms with van der Waals surface area (Å²) in [7, 11) is 0. The minimum absolute atomic E-state index is 0.00240. The second-order valence-electron chi connectivity index (χ2n) is 26.9. The number of hydrogen-bond acceptors (Lipinski definition) is 12. The highest BCUT2D eigenvalue weighted by Gasteiger charge is 2.50. The summed E-state index contributed by atoms with van der Waals surface area (Å²) in [5, 5.41) is 2.45. The van der Waals surface area contributed by atoms with Gasteiger partial charge in [-0.05, 0) is 112 Å². The number of aryl methyl sites for hydroxylation is 2. The largest absolute Gasteiger partial charge is 0.485 e. The first kappa shape index (κ1) is 68.9. The molecule has 0 radical (unpaired) electrons. The normalized spacial score (nSPS) is 16.2. The second-order valence-corrected chi connectivity index (χ2v) is 33.8. The van der Waals surface area contributed by atoms with Crippen LogP contribution < -0.4 is 18.9 Å². The van der Waals surface area contributed by atoms with Gasteiger partial charge in [-0.25, -0.2) is 0 Å². The number of carbonyl (C=O) groups excluding carboxylic acids is 2. The first-order chi connectivity index (χ1) is 45.0. The van der Waals surface area contributed by atoms with Crippen LogP contribution >= 0.6 is 68.0 Å². The zero-order valence-corrected chi connectivity index (χ0v) is 62.1. The van der Waals surface area contributed by atoms with Crippen molar-refractivity contribution in [3.05, 3.63) is 76.8 Å². The molecule has 0 bridgehead atoms. The lowest BCUT2D eigenvalue weighted by Gasteiger charge is -2.29. The van der Waals surface area contributed by atoms with Crippen LogP contribution in [0.25, 0.3) is 62.2 Å². The molecule has 4 atom stereocenters. The van der Waals surface area contributed by atoms with E-state index in [9.17, 15) is 0 Å². The van der Waals surface area contributed by atoms with Crippen LogP contribution in [0.4, 0.5) is 0 Å². The Bertz CT molecular complexity index is 3580. The molecule has 0 saturated carbocycles. The zero-order chi connectivity index (χ0) is 64.4. The molecule has 11 rings (SSSR count). The van der Waals surface area contributed by atoms with Gasteiger partial charge in [0.2, 0.25) is 0 Å². The molecule has 10 heterocycles. The molecule has 92 heavy (non-hydrogen) atoms. The van der Waals surface area contributed by atoms with E-state index >= 15 is 9.59 Å². The molecule has 1 aromatic carbocycles. The fourth-order valence-electron chi connectivity index (χ4n) is 14.8. The van der Waals surface area contributed by atoms with Gasteiger partial charge in [-0.3, -0.25) is 9.59 Å². The average Bonchev–Trinajstić information content (AvgIpc) is 1.56. The molecular formula is C78H104N2O6S6. The number of fused-ring (bicyclic) bond motifs is 5. The highest BCUT2D eigenvalue weighted by atomic mass is 32.1. The van der Waals surface area contributed by atoms with Crippen LogP contribution in [0, 0.1) is 37.5 Å². The van der Waals surface area contributed by atoms with Crippen LogP contribution in [-0.2, 0) is 22.4 Å². The third kappa shape index (κ3) is 14.8. The van der Waals surface area contributed by atoms with Crippen LogP contribution in [0.5, 0.6) is 23.0 Å². The SMILES string of the molecule is CCCCCCC(CCCC)CN1C(=O)C2=C(c3ccc(-c4cc5c(-c6sc(CC(CC)CCCC)c7c6OCCO7)c6sc(C)cc6c(-c6sc(CC(CC)CCCC)c7c6OCCO7)c5s4)s3)N(CC(CCCC)CCCCCC)C(=O)C2=C1c1ccc(C)s1. The van der Waals surface area contributed by atoms with E-state index in [1.807, 2.05) is 45.3 Å². The Hall–Kier alpha value is -4.44. The molecule has 4 aliphatic rings. The Labute approximate surface area is 575 Å². The van der Waals surface area contributed by atoms with Gasteiger partial charge >= 0.3 is 0 Å². The van der Waals surface area contributed by atoms with E-state index in [0.29, 0.717) is 74.3 Å². The fourth-order valence-corrected chi connectivity index (χ4v) is 22.0. The van der Waals surface area contributed by atoms with E-state index in [-0.39, 0.29) is 11.8 Å². The van der Waals surface area contributed by atoms with Crippen molar-refractivity contribution in [2.75, 3.05) is 39.5 Å². The first-order valence-corrected chi connectivity index (χ1v) is 41.0. The predicted octanol–water partition coefficient (Wildman–Crippen LogP) is 24.4. The van der Waals surface area contributed by atoms with Gasteiger partial charge in [0, 0.05) is 63.9 Å². The van der Waals surface area contributed by atoms with Crippen molar-refractivity contribution in [2.24, 2.45) is 23.7 Å². The Kier molecular flexibility index (Phi) is 24.4. The van der Waals surface area contributed by atoms with E-state index in [2.05, 4.69) is 115 Å². The van der Waals surface area contributed by atoms with Crippen LogP contribution in [0.1, 0.15) is 239 Å². The number of thiophene rings is 6. The lowest BCUT2D eigenvalue weighted by molar-refractivity contribution is -0.124. The molecule has 0 aliphatic carbocycles. The summed E-state index contributed by atoms with van der Waals surface area (Å²) in [5.74, 6) is 5.48. The van der Waals surface area contributed by atoms with Gasteiger partial charge in [0.25, 0.3) is 11.8 Å². The van der Waals surface area contributed by atoms with Crippen molar-refractivity contribution in [1.82, 2.24) is 9.80 Å². The van der Waals surface area contributed by atoms with Gasteiger partial charge < -0.3 is 28.7 Å². The summed E-state index contributed by atoms with van der Waals surface area (Å²) in [6.07, 6.45) is 29.8. The first-order valence-electron chi connectivity index (χ1n) is 36.1. The average molecular weight is 1360 g/mol. The maximum Gasteiger partial charge on any atom is 0.261 e. The van der Waals surface area contributed by atoms with Gasteiger partial charge in [-0.1, -0.05) is 184 Å². The molecule has 0 N–H and O–H groups in total. The molecule has 0 fully saturated rings. The van der Waals surface area contributed by atoms with E-state index in [4.69, 9.17) is 18.9 Å². The molecule has 2 amide bonds. The standard InChI is InChI=1S/C78H104N2O6S6/c1-11-19-25-27-33-53(31-23-15-5)47-79-67(58-36-35-49(9)87-58)65-66(78(79)82)68(80(77(65)81)48-54(32-24-16-6)34-28-26-20-12-2)59-38-37-57(89-59)60-46-56-64(76-72-70(84-40-42-86-72)62(92-76)45-52(18-8)30-22-14-4)73-55(43-50(10)88-73)63(74(56)90-60)75-71-69(83-39-41-85-71)61(91-75)44-51(17-7)29-21-13-3/h35-38,43,46,51-54H,11-34,39-42,44-45,47-48H2,1-10H3. The molecule has 6 aromatic heterocycles. The summed E-state index contributed by atoms with van der Waals surface area (Å²) in [4.78, 5) is 48.0. The minimum atomic E-state index is -0.00240. The van der Waals surface area contributed by atoms with Crippen LogP contribution in [-0.4, -0.2) is 61.1 Å². The van der Waals surface area contributed by atoms with Crippen molar-refractivity contribution in [3.63, 3.8) is 0 Å². The monoisotopic (exact) mass is 1360 g/mol. The van der Waals surface area contributed by atoms with Gasteiger partial charge in [-0.2, -0.15) is 0 Å². The molecule has 4 aliphatic heterocycles. The molecule has 8 nitrogen and oxygen atoms in total. The van der Waals surface area contributed by atoms with Crippen LogP contribution in [0.3, 0.4) is 0 Å². The number of amides is 2. The van der Waals surface area contributed by atoms with Crippen molar-refractivity contribution in [2.45, 2.75) is 236 Å². The highest BCUT2D eigenvalue weighted by Crippen LogP contribution is 2.61. The van der Waals surface area contributed by atoms with E-state index in [0.717, 1.165) is 149 Å². The number of nitrogens with zero attached hydrogens (tertiary/aromatic N) is 2. The highest BCUT2D eigenvalue weighted by molar-refractivity contribution is 7.28. The molecular weight excluding hydrogens is 1250 g/mol. The van der Waals surface area contributed by atoms with E-state index in [1.165, 1.54) is 133 Å². The number of ether oxygens (including phenoxy) is 4. The number of benzene rings is 1. The molecule has 4 unspecified atom stereocenters. The van der Waals surface area contributed by atoms with Crippen molar-refractivity contribution in [1.29, 1.82) is 0 Å². The summed E-state index contributed by atoms with van der Waals surface area (Å²) < 4.78 is 29.6. The lowest BCUT2D eigenvalue weighted by Crippen LogP contribution is -2.34. The number of rotatable bonds is 37. The number of carbonyl (C=O) groups is 2. The lowest BCUT2D eigenvalue weighted by atomic mass is 9.94. The third-order valence-corrected chi connectivity index (χ3v) is 26.9. The third-order valence-electron chi connectivity index (χ3n) is 20.0. The summed E-state index contributed by atoms with van der Waals surface area (Å²) in [5.41, 5.74) is 5.34. The van der Waals surface area contributed by atoms with Crippen molar-refractivity contribution < 1.29 is 28.5 Å². The second kappa shape index (κ2) is 32.5. The van der Waals surface area contributed by atoms with Gasteiger partial charge in [0.05, 0.1) is 51.8 Å². The van der Waals surface area contributed by atoms with Crippen LogP contribution in [0.15, 0.2) is 47.5 Å².